The molecule has 0 bridgehead atoms. The molecule has 0 unspecified atom stereocenters. The summed E-state index contributed by atoms with van der Waals surface area (Å²) in [5.41, 5.74) is -0.436. The largest absolute Gasteiger partial charge is 0.452 e. The number of nitrogens with zero attached hydrogens (tertiary/aromatic N) is 1. The van der Waals surface area contributed by atoms with Gasteiger partial charge in [0.2, 0.25) is 11.7 Å². The molecule has 0 aliphatic heterocycles. The van der Waals surface area contributed by atoms with Crippen LogP contribution in [0.2, 0.25) is 0 Å². The van der Waals surface area contributed by atoms with Gasteiger partial charge in [-0.3, -0.25) is 4.79 Å². The second-order valence-corrected chi connectivity index (χ2v) is 4.06. The highest BCUT2D eigenvalue weighted by molar-refractivity contribution is 5.94. The molecule has 2 rings (SSSR count). The summed E-state index contributed by atoms with van der Waals surface area (Å²) < 4.78 is 43.5. The molecule has 0 saturated carbocycles. The van der Waals surface area contributed by atoms with Crippen molar-refractivity contribution in [1.82, 2.24) is 10.3 Å². The number of oxazole rings is 1. The number of hydrogen-bond acceptors (Lipinski definition) is 3. The number of benzene rings is 1. The molecule has 1 amide bonds. The van der Waals surface area contributed by atoms with E-state index in [2.05, 4.69) is 16.9 Å². The minimum atomic E-state index is -4.80. The van der Waals surface area contributed by atoms with E-state index in [-0.39, 0.29) is 12.4 Å². The lowest BCUT2D eigenvalue weighted by atomic mass is 10.2. The van der Waals surface area contributed by atoms with Crippen LogP contribution in [0.5, 0.6) is 0 Å². The van der Waals surface area contributed by atoms with Crippen LogP contribution in [-0.4, -0.2) is 17.4 Å². The van der Waals surface area contributed by atoms with Gasteiger partial charge in [0.1, 0.15) is 0 Å². The topological polar surface area (TPSA) is 55.1 Å². The molecule has 4 nitrogen and oxygen atoms in total. The van der Waals surface area contributed by atoms with Gasteiger partial charge in [0.05, 0.1) is 0 Å². The van der Waals surface area contributed by atoms with Crippen molar-refractivity contribution in [1.29, 1.82) is 0 Å². The number of hydrogen-bond donors (Lipinski definition) is 1. The number of alkyl halides is 3. The van der Waals surface area contributed by atoms with Crippen molar-refractivity contribution >= 4 is 5.91 Å². The van der Waals surface area contributed by atoms with Gasteiger partial charge >= 0.3 is 6.18 Å². The highest BCUT2D eigenvalue weighted by atomic mass is 19.4. The predicted octanol–water partition coefficient (Wildman–Crippen LogP) is 3.28. The number of nitrogens with one attached hydrogen (secondary N) is 1. The molecule has 1 aromatic heterocycles. The lowest BCUT2D eigenvalue weighted by molar-refractivity contribution is -0.153. The summed E-state index contributed by atoms with van der Waals surface area (Å²) in [5.74, 6) is -2.64. The summed E-state index contributed by atoms with van der Waals surface area (Å²) >= 11 is 0. The Hall–Kier alpha value is -2.57. The summed E-state index contributed by atoms with van der Waals surface area (Å²) in [7, 11) is 0. The van der Waals surface area contributed by atoms with E-state index in [9.17, 15) is 18.0 Å². The Kier molecular flexibility index (Phi) is 4.11. The lowest BCUT2D eigenvalue weighted by Crippen LogP contribution is -2.26. The molecule has 7 heteroatoms. The molecular formula is C14H11F3N2O2. The van der Waals surface area contributed by atoms with E-state index in [1.54, 1.807) is 18.2 Å². The van der Waals surface area contributed by atoms with Gasteiger partial charge in [0.25, 0.3) is 5.91 Å². The smallest absolute Gasteiger partial charge is 0.431 e. The number of amides is 1. The van der Waals surface area contributed by atoms with E-state index in [0.29, 0.717) is 5.56 Å². The quantitative estimate of drug-likeness (QED) is 0.881. The maximum atomic E-state index is 12.9. The summed E-state index contributed by atoms with van der Waals surface area (Å²) in [6.07, 6.45) is -3.45. The van der Waals surface area contributed by atoms with Gasteiger partial charge in [0, 0.05) is 12.1 Å². The first kappa shape index (κ1) is 14.8. The molecule has 0 spiro atoms. The van der Waals surface area contributed by atoms with E-state index >= 15 is 0 Å². The van der Waals surface area contributed by atoms with Crippen LogP contribution < -0.4 is 5.32 Å². The van der Waals surface area contributed by atoms with E-state index in [0.717, 1.165) is 0 Å². The van der Waals surface area contributed by atoms with Crippen LogP contribution in [0.3, 0.4) is 0 Å². The van der Waals surface area contributed by atoms with Crippen LogP contribution in [0.4, 0.5) is 13.2 Å². The number of aromatic nitrogens is 1. The van der Waals surface area contributed by atoms with Gasteiger partial charge in [-0.1, -0.05) is 24.3 Å². The van der Waals surface area contributed by atoms with Gasteiger partial charge in [-0.2, -0.15) is 13.2 Å². The third-order valence-electron chi connectivity index (χ3n) is 2.53. The normalized spacial score (nSPS) is 11.2. The minimum absolute atomic E-state index is 0.0314. The van der Waals surface area contributed by atoms with Crippen LogP contribution in [0, 0.1) is 0 Å². The Labute approximate surface area is 118 Å². The molecule has 0 saturated heterocycles. The Morgan fingerprint density at radius 1 is 1.33 bits per heavy atom. The predicted molar refractivity (Wildman–Crippen MR) is 69.5 cm³/mol. The zero-order chi connectivity index (χ0) is 15.5. The molecule has 0 fully saturated rings. The average Bonchev–Trinajstić information content (AvgIpc) is 2.91. The zero-order valence-electron chi connectivity index (χ0n) is 10.8. The molecule has 21 heavy (non-hydrogen) atoms. The van der Waals surface area contributed by atoms with Crippen molar-refractivity contribution in [3.8, 4) is 11.5 Å². The Morgan fingerprint density at radius 2 is 2.00 bits per heavy atom. The third-order valence-corrected chi connectivity index (χ3v) is 2.53. The molecule has 2 aromatic rings. The average molecular weight is 296 g/mol. The summed E-state index contributed by atoms with van der Waals surface area (Å²) in [5, 5.41) is 2.25. The van der Waals surface area contributed by atoms with Gasteiger partial charge in [-0.25, -0.2) is 4.98 Å². The van der Waals surface area contributed by atoms with Crippen LogP contribution in [-0.2, 0) is 6.18 Å². The van der Waals surface area contributed by atoms with Gasteiger partial charge < -0.3 is 9.73 Å². The SMILES string of the molecule is C=CCNC(=O)c1nc(-c2ccccc2)oc1C(F)(F)F. The number of carbonyl (C=O) groups excluding carboxylic acids is 1. The maximum Gasteiger partial charge on any atom is 0.452 e. The summed E-state index contributed by atoms with van der Waals surface area (Å²) in [6.45, 7) is 3.40. The molecule has 0 aliphatic carbocycles. The van der Waals surface area contributed by atoms with Crippen LogP contribution in [0.1, 0.15) is 16.2 Å². The van der Waals surface area contributed by atoms with E-state index in [1.165, 1.54) is 18.2 Å². The molecule has 1 N–H and O–H groups in total. The first-order valence-corrected chi connectivity index (χ1v) is 5.96. The van der Waals surface area contributed by atoms with Crippen LogP contribution >= 0.6 is 0 Å². The van der Waals surface area contributed by atoms with Crippen LogP contribution in [0.25, 0.3) is 11.5 Å². The van der Waals surface area contributed by atoms with E-state index < -0.39 is 23.5 Å². The van der Waals surface area contributed by atoms with E-state index in [1.807, 2.05) is 0 Å². The highest BCUT2D eigenvalue weighted by Crippen LogP contribution is 2.35. The first-order chi connectivity index (χ1) is 9.93. The van der Waals surface area contributed by atoms with Crippen molar-refractivity contribution in [2.75, 3.05) is 6.54 Å². The molecule has 0 radical (unpaired) electrons. The van der Waals surface area contributed by atoms with Gasteiger partial charge in [-0.15, -0.1) is 6.58 Å². The second kappa shape index (κ2) is 5.82. The number of carbonyl (C=O) groups is 1. The minimum Gasteiger partial charge on any atom is -0.431 e. The molecule has 0 atom stereocenters. The standard InChI is InChI=1S/C14H11F3N2O2/c1-2-8-18-12(20)10-11(14(15,16)17)21-13(19-10)9-6-4-3-5-7-9/h2-7H,1,8H2,(H,18,20). The lowest BCUT2D eigenvalue weighted by Gasteiger charge is -2.04. The first-order valence-electron chi connectivity index (χ1n) is 5.96. The second-order valence-electron chi connectivity index (χ2n) is 4.06. The fourth-order valence-electron chi connectivity index (χ4n) is 1.62. The van der Waals surface area contributed by atoms with E-state index in [4.69, 9.17) is 4.42 Å². The Bertz CT molecular complexity index is 648. The molecule has 110 valence electrons. The Balaban J connectivity index is 2.46. The third kappa shape index (κ3) is 3.31. The Morgan fingerprint density at radius 3 is 2.57 bits per heavy atom. The monoisotopic (exact) mass is 296 g/mol. The van der Waals surface area contributed by atoms with Crippen LogP contribution in [0.15, 0.2) is 47.4 Å². The van der Waals surface area contributed by atoms with Gasteiger partial charge in [0.15, 0.2) is 5.69 Å². The van der Waals surface area contributed by atoms with Crippen molar-refractivity contribution in [2.24, 2.45) is 0 Å². The summed E-state index contributed by atoms with van der Waals surface area (Å²) in [6, 6.07) is 8.04. The van der Waals surface area contributed by atoms with Crippen molar-refractivity contribution in [2.45, 2.75) is 6.18 Å². The molecule has 1 heterocycles. The molecular weight excluding hydrogens is 285 g/mol. The van der Waals surface area contributed by atoms with Crippen molar-refractivity contribution in [3.63, 3.8) is 0 Å². The molecule has 0 aliphatic rings. The maximum absolute atomic E-state index is 12.9. The zero-order valence-corrected chi connectivity index (χ0v) is 10.8. The fraction of sp³-hybridized carbons (Fsp3) is 0.143. The van der Waals surface area contributed by atoms with Crippen molar-refractivity contribution < 1.29 is 22.4 Å². The fourth-order valence-corrected chi connectivity index (χ4v) is 1.62. The molecule has 1 aromatic carbocycles. The summed E-state index contributed by atoms with van der Waals surface area (Å²) in [4.78, 5) is 15.4. The van der Waals surface area contributed by atoms with Gasteiger partial charge in [-0.05, 0) is 12.1 Å². The van der Waals surface area contributed by atoms with Crippen molar-refractivity contribution in [3.05, 3.63) is 54.4 Å². The number of rotatable bonds is 4. The highest BCUT2D eigenvalue weighted by Gasteiger charge is 2.41. The number of halogens is 3.